The fourth-order valence-electron chi connectivity index (χ4n) is 5.52. The van der Waals surface area contributed by atoms with E-state index in [1.54, 1.807) is 27.7 Å². The summed E-state index contributed by atoms with van der Waals surface area (Å²) in [5, 5.41) is 0. The summed E-state index contributed by atoms with van der Waals surface area (Å²) in [6.07, 6.45) is 3.96. The summed E-state index contributed by atoms with van der Waals surface area (Å²) >= 11 is 0. The lowest BCUT2D eigenvalue weighted by Gasteiger charge is -2.39. The quantitative estimate of drug-likeness (QED) is 0.711. The molecule has 0 saturated heterocycles. The fraction of sp³-hybridized carbons (Fsp3) is 0.619. The number of nitrogens with zero attached hydrogens (tertiary/aromatic N) is 2. The minimum absolute atomic E-state index is 0.143. The van der Waals surface area contributed by atoms with E-state index in [4.69, 9.17) is 0 Å². The van der Waals surface area contributed by atoms with Crippen molar-refractivity contribution in [1.29, 1.82) is 0 Å². The number of imide groups is 2. The summed E-state index contributed by atoms with van der Waals surface area (Å²) in [5.41, 5.74) is 1.93. The lowest BCUT2D eigenvalue weighted by Crippen LogP contribution is -2.47. The van der Waals surface area contributed by atoms with E-state index in [0.717, 1.165) is 25.7 Å². The molecule has 4 amide bonds. The van der Waals surface area contributed by atoms with Crippen molar-refractivity contribution in [2.75, 3.05) is 13.1 Å². The van der Waals surface area contributed by atoms with Crippen LogP contribution in [0, 0.1) is 17.3 Å². The molecule has 0 spiro atoms. The van der Waals surface area contributed by atoms with Crippen LogP contribution < -0.4 is 0 Å². The van der Waals surface area contributed by atoms with Gasteiger partial charge in [-0.2, -0.15) is 0 Å². The molecule has 0 N–H and O–H groups in total. The van der Waals surface area contributed by atoms with E-state index in [1.807, 2.05) is 0 Å². The highest BCUT2D eigenvalue weighted by molar-refractivity contribution is 6.19. The van der Waals surface area contributed by atoms with Gasteiger partial charge in [-0.3, -0.25) is 29.0 Å². The maximum absolute atomic E-state index is 12.5. The van der Waals surface area contributed by atoms with Crippen LogP contribution >= 0.6 is 0 Å². The Hall–Kier alpha value is -2.24. The summed E-state index contributed by atoms with van der Waals surface area (Å²) in [4.78, 5) is 52.8. The molecule has 27 heavy (non-hydrogen) atoms. The number of rotatable bonds is 4. The van der Waals surface area contributed by atoms with Crippen molar-refractivity contribution in [3.8, 4) is 0 Å². The smallest absolute Gasteiger partial charge is 0.256 e. The number of carbonyl (C=O) groups excluding carboxylic acids is 4. The third kappa shape index (κ3) is 2.45. The van der Waals surface area contributed by atoms with Crippen molar-refractivity contribution in [1.82, 2.24) is 9.80 Å². The maximum atomic E-state index is 12.5. The van der Waals surface area contributed by atoms with Crippen LogP contribution in [0.3, 0.4) is 0 Å². The Morgan fingerprint density at radius 3 is 1.78 bits per heavy atom. The normalized spacial score (nSPS) is 33.6. The van der Waals surface area contributed by atoms with Crippen molar-refractivity contribution in [2.24, 2.45) is 17.3 Å². The zero-order chi connectivity index (χ0) is 19.7. The fourth-order valence-corrected chi connectivity index (χ4v) is 5.52. The van der Waals surface area contributed by atoms with E-state index in [0.29, 0.717) is 41.3 Å². The van der Waals surface area contributed by atoms with Gasteiger partial charge in [0, 0.05) is 35.4 Å². The van der Waals surface area contributed by atoms with Gasteiger partial charge in [0.1, 0.15) is 0 Å². The maximum Gasteiger partial charge on any atom is 0.256 e. The van der Waals surface area contributed by atoms with E-state index < -0.39 is 0 Å². The molecule has 2 heterocycles. The first-order valence-electron chi connectivity index (χ1n) is 9.73. The van der Waals surface area contributed by atoms with Gasteiger partial charge in [-0.25, -0.2) is 0 Å². The molecule has 2 bridgehead atoms. The number of hydrogen-bond donors (Lipinski definition) is 0. The Kier molecular flexibility index (Phi) is 3.95. The Balaban J connectivity index is 1.55. The molecule has 0 aromatic rings. The number of amides is 4. The molecular weight excluding hydrogens is 344 g/mol. The Morgan fingerprint density at radius 2 is 1.30 bits per heavy atom. The van der Waals surface area contributed by atoms with E-state index in [-0.39, 0.29) is 35.0 Å². The molecule has 144 valence electrons. The average molecular weight is 370 g/mol. The second-order valence-electron chi connectivity index (χ2n) is 8.82. The van der Waals surface area contributed by atoms with Gasteiger partial charge in [0.2, 0.25) is 0 Å². The highest BCUT2D eigenvalue weighted by Crippen LogP contribution is 2.58. The molecular formula is C21H26N2O4. The summed E-state index contributed by atoms with van der Waals surface area (Å²) < 4.78 is 0. The molecule has 2 fully saturated rings. The molecule has 2 aliphatic carbocycles. The Bertz CT molecular complexity index is 804. The molecule has 6 nitrogen and oxygen atoms in total. The van der Waals surface area contributed by atoms with Crippen LogP contribution in [0.15, 0.2) is 22.3 Å². The molecule has 4 aliphatic rings. The zero-order valence-corrected chi connectivity index (χ0v) is 16.4. The van der Waals surface area contributed by atoms with Gasteiger partial charge in [0.25, 0.3) is 23.6 Å². The SMILES string of the molecule is CC1=C(C)C(=O)N(CC2CC3CCC2(CN2C(=O)C(C)=C(C)C2=O)C3)C1=O. The highest BCUT2D eigenvalue weighted by atomic mass is 16.2. The monoisotopic (exact) mass is 370 g/mol. The first kappa shape index (κ1) is 18.1. The van der Waals surface area contributed by atoms with Crippen LogP contribution in [0.1, 0.15) is 53.4 Å². The van der Waals surface area contributed by atoms with E-state index in [2.05, 4.69) is 0 Å². The van der Waals surface area contributed by atoms with Crippen LogP contribution in [-0.2, 0) is 19.2 Å². The van der Waals surface area contributed by atoms with Gasteiger partial charge in [0.15, 0.2) is 0 Å². The number of hydrogen-bond acceptors (Lipinski definition) is 4. The predicted octanol–water partition coefficient (Wildman–Crippen LogP) is 2.20. The van der Waals surface area contributed by atoms with Gasteiger partial charge in [-0.15, -0.1) is 0 Å². The molecule has 2 saturated carbocycles. The van der Waals surface area contributed by atoms with Gasteiger partial charge >= 0.3 is 0 Å². The van der Waals surface area contributed by atoms with E-state index in [1.165, 1.54) is 9.80 Å². The summed E-state index contributed by atoms with van der Waals surface area (Å²) in [6.45, 7) is 7.60. The first-order valence-corrected chi connectivity index (χ1v) is 9.73. The van der Waals surface area contributed by atoms with Gasteiger partial charge in [-0.1, -0.05) is 0 Å². The van der Waals surface area contributed by atoms with Crippen molar-refractivity contribution < 1.29 is 19.2 Å². The molecule has 2 aliphatic heterocycles. The second-order valence-corrected chi connectivity index (χ2v) is 8.82. The standard InChI is InChI=1S/C21H26N2O4/c1-11-12(2)18(25)22(17(11)24)9-16-7-15-5-6-21(16,8-15)10-23-19(26)13(3)14(4)20(23)27/h15-16H,5-10H2,1-4H3. The number of fused-ring (bicyclic) bond motifs is 2. The zero-order valence-electron chi connectivity index (χ0n) is 16.4. The summed E-state index contributed by atoms with van der Waals surface area (Å²) in [7, 11) is 0. The van der Waals surface area contributed by atoms with Crippen molar-refractivity contribution >= 4 is 23.6 Å². The van der Waals surface area contributed by atoms with E-state index in [9.17, 15) is 19.2 Å². The van der Waals surface area contributed by atoms with Gasteiger partial charge < -0.3 is 0 Å². The summed E-state index contributed by atoms with van der Waals surface area (Å²) in [5.74, 6) is -0.0786. The summed E-state index contributed by atoms with van der Waals surface area (Å²) in [6, 6.07) is 0. The van der Waals surface area contributed by atoms with Crippen molar-refractivity contribution in [3.05, 3.63) is 22.3 Å². The molecule has 3 unspecified atom stereocenters. The van der Waals surface area contributed by atoms with Gasteiger partial charge in [0.05, 0.1) is 0 Å². The molecule has 6 heteroatoms. The van der Waals surface area contributed by atoms with Crippen molar-refractivity contribution in [3.63, 3.8) is 0 Å². The third-order valence-corrected chi connectivity index (χ3v) is 7.49. The van der Waals surface area contributed by atoms with Crippen LogP contribution in [0.25, 0.3) is 0 Å². The molecule has 4 rings (SSSR count). The minimum atomic E-state index is -0.197. The molecule has 0 aromatic heterocycles. The lowest BCUT2D eigenvalue weighted by molar-refractivity contribution is -0.143. The largest absolute Gasteiger partial charge is 0.275 e. The van der Waals surface area contributed by atoms with Crippen LogP contribution in [0.2, 0.25) is 0 Å². The highest BCUT2D eigenvalue weighted by Gasteiger charge is 2.55. The predicted molar refractivity (Wildman–Crippen MR) is 98.1 cm³/mol. The topological polar surface area (TPSA) is 74.8 Å². The number of carbonyl (C=O) groups is 4. The Labute approximate surface area is 159 Å². The van der Waals surface area contributed by atoms with Gasteiger partial charge in [-0.05, 0) is 70.6 Å². The third-order valence-electron chi connectivity index (χ3n) is 7.49. The minimum Gasteiger partial charge on any atom is -0.275 e. The second kappa shape index (κ2) is 5.88. The van der Waals surface area contributed by atoms with Crippen LogP contribution in [0.5, 0.6) is 0 Å². The molecule has 0 radical (unpaired) electrons. The first-order chi connectivity index (χ1) is 12.7. The van der Waals surface area contributed by atoms with E-state index >= 15 is 0 Å². The van der Waals surface area contributed by atoms with Crippen LogP contribution in [-0.4, -0.2) is 46.5 Å². The Morgan fingerprint density at radius 1 is 0.815 bits per heavy atom. The van der Waals surface area contributed by atoms with Crippen molar-refractivity contribution in [2.45, 2.75) is 53.4 Å². The molecule has 3 atom stereocenters. The van der Waals surface area contributed by atoms with Crippen LogP contribution in [0.4, 0.5) is 0 Å². The average Bonchev–Trinajstić information content (AvgIpc) is 3.31. The molecule has 0 aromatic carbocycles. The lowest BCUT2D eigenvalue weighted by atomic mass is 9.74.